The Hall–Kier alpha value is -1.13. The average Bonchev–Trinajstić information content (AvgIpc) is 3.26. The third-order valence-electron chi connectivity index (χ3n) is 13.2. The summed E-state index contributed by atoms with van der Waals surface area (Å²) in [5.41, 5.74) is 0. The molecule has 0 bridgehead atoms. The fourth-order valence-electron chi connectivity index (χ4n) is 8.90. The first-order valence-electron chi connectivity index (χ1n) is 28.1. The Kier molecular flexibility index (Phi) is 52.2. The van der Waals surface area contributed by atoms with Gasteiger partial charge in [0.1, 0.15) is 0 Å². The third kappa shape index (κ3) is 49.7. The van der Waals surface area contributed by atoms with Crippen molar-refractivity contribution in [2.45, 2.75) is 328 Å². The van der Waals surface area contributed by atoms with Crippen LogP contribution in [0.4, 0.5) is 0 Å². The van der Waals surface area contributed by atoms with Gasteiger partial charge < -0.3 is 15.5 Å². The van der Waals surface area contributed by atoms with Gasteiger partial charge in [0.25, 0.3) is 0 Å². The molecule has 4 nitrogen and oxygen atoms in total. The van der Waals surface area contributed by atoms with Crippen LogP contribution in [0.2, 0.25) is 0 Å². The van der Waals surface area contributed by atoms with Crippen LogP contribution in [0.3, 0.4) is 0 Å². The molecule has 0 saturated heterocycles. The first-order valence-corrected chi connectivity index (χ1v) is 28.1. The fraction of sp³-hybridized carbons (Fsp3) is 0.912. The van der Waals surface area contributed by atoms with Crippen LogP contribution in [-0.2, 0) is 4.79 Å². The fourth-order valence-corrected chi connectivity index (χ4v) is 8.90. The van der Waals surface area contributed by atoms with Gasteiger partial charge in [-0.2, -0.15) is 0 Å². The average molecular weight is 859 g/mol. The molecule has 0 aliphatic rings. The second-order valence-corrected chi connectivity index (χ2v) is 19.4. The Morgan fingerprint density at radius 1 is 0.377 bits per heavy atom. The van der Waals surface area contributed by atoms with E-state index < -0.39 is 12.1 Å². The molecule has 0 aromatic rings. The number of amides is 1. The molecule has 2 unspecified atom stereocenters. The van der Waals surface area contributed by atoms with Gasteiger partial charge in [-0.15, -0.1) is 0 Å². The van der Waals surface area contributed by atoms with Gasteiger partial charge >= 0.3 is 0 Å². The second-order valence-electron chi connectivity index (χ2n) is 19.4. The summed E-state index contributed by atoms with van der Waals surface area (Å²) in [5, 5.41) is 23.1. The van der Waals surface area contributed by atoms with Crippen molar-refractivity contribution < 1.29 is 15.0 Å². The van der Waals surface area contributed by atoms with E-state index in [0.717, 1.165) is 32.1 Å². The number of carbonyl (C=O) groups excluding carboxylic acids is 1. The Morgan fingerprint density at radius 3 is 0.951 bits per heavy atom. The second kappa shape index (κ2) is 53.2. The number of carbonyl (C=O) groups is 1. The van der Waals surface area contributed by atoms with E-state index in [4.69, 9.17) is 0 Å². The zero-order valence-electron chi connectivity index (χ0n) is 41.7. The maximum Gasteiger partial charge on any atom is 0.220 e. The highest BCUT2D eigenvalue weighted by atomic mass is 16.3. The van der Waals surface area contributed by atoms with Crippen LogP contribution in [0.1, 0.15) is 316 Å². The Bertz CT molecular complexity index is 886. The first-order chi connectivity index (χ1) is 30.2. The van der Waals surface area contributed by atoms with Crippen molar-refractivity contribution in [2.24, 2.45) is 0 Å². The van der Waals surface area contributed by atoms with E-state index in [9.17, 15) is 15.0 Å². The SMILES string of the molecule is CCCCCCCCCCCCCC/C=C/CC/C=C/C(O)C(CO)NC(=O)CCCCCCCCCCCCCCCCCCCCCCCCCCCCCCCCC. The van der Waals surface area contributed by atoms with Crippen molar-refractivity contribution in [1.82, 2.24) is 5.32 Å². The lowest BCUT2D eigenvalue weighted by Gasteiger charge is -2.19. The van der Waals surface area contributed by atoms with Crippen LogP contribution in [-0.4, -0.2) is 34.9 Å². The maximum atomic E-state index is 12.5. The molecule has 0 aliphatic carbocycles. The molecule has 0 heterocycles. The van der Waals surface area contributed by atoms with Crippen LogP contribution in [0.5, 0.6) is 0 Å². The van der Waals surface area contributed by atoms with Crippen molar-refractivity contribution in [3.05, 3.63) is 24.3 Å². The molecule has 0 aliphatic heterocycles. The normalized spacial score (nSPS) is 12.9. The summed E-state index contributed by atoms with van der Waals surface area (Å²) < 4.78 is 0. The summed E-state index contributed by atoms with van der Waals surface area (Å²) in [7, 11) is 0. The van der Waals surface area contributed by atoms with Crippen LogP contribution in [0, 0.1) is 0 Å². The van der Waals surface area contributed by atoms with Gasteiger partial charge in [-0.05, 0) is 32.1 Å². The Morgan fingerprint density at radius 2 is 0.639 bits per heavy atom. The predicted octanol–water partition coefficient (Wildman–Crippen LogP) is 18.3. The highest BCUT2D eigenvalue weighted by Gasteiger charge is 2.18. The van der Waals surface area contributed by atoms with Crippen molar-refractivity contribution in [3.8, 4) is 0 Å². The highest BCUT2D eigenvalue weighted by Crippen LogP contribution is 2.18. The predicted molar refractivity (Wildman–Crippen MR) is 272 cm³/mol. The van der Waals surface area contributed by atoms with Gasteiger partial charge in [0, 0.05) is 6.42 Å². The van der Waals surface area contributed by atoms with E-state index in [1.54, 1.807) is 6.08 Å². The highest BCUT2D eigenvalue weighted by molar-refractivity contribution is 5.76. The summed E-state index contributed by atoms with van der Waals surface area (Å²) in [6, 6.07) is -0.636. The standard InChI is InChI=1S/C57H111NO3/c1-3-5-7-9-11-13-15-17-19-21-23-24-25-26-27-28-29-30-31-32-33-34-35-37-39-41-43-45-47-49-51-53-57(61)58-55(54-59)56(60)52-50-48-46-44-42-40-38-36-22-20-18-16-14-12-10-8-6-4-2/h42,44,50,52,55-56,59-60H,3-41,43,45-49,51,53-54H2,1-2H3,(H,58,61)/b44-42+,52-50+. The number of hydrogen-bond donors (Lipinski definition) is 3. The number of unbranched alkanes of at least 4 members (excludes halogenated alkanes) is 43. The van der Waals surface area contributed by atoms with Crippen molar-refractivity contribution in [2.75, 3.05) is 6.61 Å². The Balaban J connectivity index is 3.44. The largest absolute Gasteiger partial charge is 0.394 e. The van der Waals surface area contributed by atoms with Gasteiger partial charge in [-0.3, -0.25) is 4.79 Å². The zero-order chi connectivity index (χ0) is 44.2. The van der Waals surface area contributed by atoms with Crippen LogP contribution in [0.25, 0.3) is 0 Å². The van der Waals surface area contributed by atoms with Crippen molar-refractivity contribution >= 4 is 5.91 Å². The minimum Gasteiger partial charge on any atom is -0.394 e. The monoisotopic (exact) mass is 858 g/mol. The molecule has 0 radical (unpaired) electrons. The number of hydrogen-bond acceptors (Lipinski definition) is 3. The van der Waals surface area contributed by atoms with Gasteiger partial charge in [0.15, 0.2) is 0 Å². The van der Waals surface area contributed by atoms with E-state index in [2.05, 4.69) is 31.3 Å². The molecule has 1 amide bonds. The molecule has 362 valence electrons. The number of allylic oxidation sites excluding steroid dienone is 3. The van der Waals surface area contributed by atoms with Crippen molar-refractivity contribution in [1.29, 1.82) is 0 Å². The molecule has 2 atom stereocenters. The van der Waals surface area contributed by atoms with Crippen LogP contribution < -0.4 is 5.32 Å². The first kappa shape index (κ1) is 59.9. The lowest BCUT2D eigenvalue weighted by atomic mass is 10.0. The van der Waals surface area contributed by atoms with E-state index >= 15 is 0 Å². The minimum absolute atomic E-state index is 0.0670. The summed E-state index contributed by atoms with van der Waals surface area (Å²) in [6.07, 6.45) is 70.6. The molecule has 0 fully saturated rings. The molecule has 0 rings (SSSR count). The zero-order valence-corrected chi connectivity index (χ0v) is 41.7. The van der Waals surface area contributed by atoms with E-state index in [1.807, 2.05) is 6.08 Å². The van der Waals surface area contributed by atoms with Gasteiger partial charge in [-0.25, -0.2) is 0 Å². The molecule has 0 saturated carbocycles. The van der Waals surface area contributed by atoms with Gasteiger partial charge in [0.05, 0.1) is 18.8 Å². The summed E-state index contributed by atoms with van der Waals surface area (Å²) >= 11 is 0. The molecular formula is C57H111NO3. The third-order valence-corrected chi connectivity index (χ3v) is 13.2. The molecule has 0 aromatic heterocycles. The van der Waals surface area contributed by atoms with Gasteiger partial charge in [-0.1, -0.05) is 301 Å². The number of aliphatic hydroxyl groups is 2. The Labute approximate surface area is 383 Å². The van der Waals surface area contributed by atoms with E-state index in [-0.39, 0.29) is 12.5 Å². The van der Waals surface area contributed by atoms with Crippen molar-refractivity contribution in [3.63, 3.8) is 0 Å². The lowest BCUT2D eigenvalue weighted by molar-refractivity contribution is -0.123. The van der Waals surface area contributed by atoms with Crippen LogP contribution >= 0.6 is 0 Å². The quantitative estimate of drug-likeness (QED) is 0.0422. The molecule has 0 spiro atoms. The summed E-state index contributed by atoms with van der Waals surface area (Å²) in [6.45, 7) is 4.33. The number of aliphatic hydroxyl groups excluding tert-OH is 2. The van der Waals surface area contributed by atoms with E-state index in [1.165, 1.54) is 263 Å². The molecule has 0 aromatic carbocycles. The smallest absolute Gasteiger partial charge is 0.220 e. The summed E-state index contributed by atoms with van der Waals surface area (Å²) in [4.78, 5) is 12.5. The van der Waals surface area contributed by atoms with Crippen LogP contribution in [0.15, 0.2) is 24.3 Å². The molecular weight excluding hydrogens is 747 g/mol. The molecule has 4 heteroatoms. The maximum absolute atomic E-state index is 12.5. The van der Waals surface area contributed by atoms with Gasteiger partial charge in [0.2, 0.25) is 5.91 Å². The lowest BCUT2D eigenvalue weighted by Crippen LogP contribution is -2.45. The topological polar surface area (TPSA) is 69.6 Å². The van der Waals surface area contributed by atoms with E-state index in [0.29, 0.717) is 6.42 Å². The molecule has 61 heavy (non-hydrogen) atoms. The minimum atomic E-state index is -0.859. The number of rotatable bonds is 52. The molecule has 3 N–H and O–H groups in total. The number of nitrogens with one attached hydrogen (secondary N) is 1. The summed E-state index contributed by atoms with van der Waals surface area (Å²) in [5.74, 6) is -0.0670.